The van der Waals surface area contributed by atoms with Gasteiger partial charge in [-0.2, -0.15) is 0 Å². The second-order valence-corrected chi connectivity index (χ2v) is 5.15. The third-order valence-corrected chi connectivity index (χ3v) is 3.37. The molecule has 0 radical (unpaired) electrons. The average molecular weight is 297 g/mol. The molecule has 90 valence electrons. The zero-order valence-corrected chi connectivity index (χ0v) is 11.1. The molecule has 1 aliphatic rings. The predicted octanol–water partition coefficient (Wildman–Crippen LogP) is 1.90. The molecule has 0 bridgehead atoms. The van der Waals surface area contributed by atoms with E-state index in [2.05, 4.69) is 20.9 Å². The zero-order valence-electron chi connectivity index (χ0n) is 9.52. The largest absolute Gasteiger partial charge is 0.336 e. The number of rotatable bonds is 1. The van der Waals surface area contributed by atoms with Gasteiger partial charge in [-0.05, 0) is 28.1 Å². The summed E-state index contributed by atoms with van der Waals surface area (Å²) in [5.41, 5.74) is 0.426. The van der Waals surface area contributed by atoms with Crippen molar-refractivity contribution in [2.45, 2.75) is 13.3 Å². The van der Waals surface area contributed by atoms with Crippen molar-refractivity contribution in [3.8, 4) is 0 Å². The topological polar surface area (TPSA) is 50.3 Å². The van der Waals surface area contributed by atoms with Gasteiger partial charge in [0.25, 0.3) is 5.91 Å². The van der Waals surface area contributed by atoms with Crippen LogP contribution in [0.2, 0.25) is 0 Å². The van der Waals surface area contributed by atoms with E-state index in [9.17, 15) is 9.59 Å². The quantitative estimate of drug-likeness (QED) is 0.795. The van der Waals surface area contributed by atoms with Gasteiger partial charge in [-0.25, -0.2) is 4.98 Å². The molecule has 2 rings (SSSR count). The summed E-state index contributed by atoms with van der Waals surface area (Å²) in [5.74, 6) is 0.0674. The van der Waals surface area contributed by atoms with Gasteiger partial charge in [0.1, 0.15) is 11.5 Å². The molecule has 1 unspecified atom stereocenters. The monoisotopic (exact) mass is 296 g/mol. The third kappa shape index (κ3) is 2.72. The van der Waals surface area contributed by atoms with E-state index in [4.69, 9.17) is 0 Å². The molecular formula is C12H13BrN2O2. The number of piperidine rings is 1. The Morgan fingerprint density at radius 2 is 2.29 bits per heavy atom. The highest BCUT2D eigenvalue weighted by Gasteiger charge is 2.27. The molecule has 1 atom stereocenters. The van der Waals surface area contributed by atoms with Gasteiger partial charge in [0.2, 0.25) is 0 Å². The highest BCUT2D eigenvalue weighted by Crippen LogP contribution is 2.15. The van der Waals surface area contributed by atoms with Crippen molar-refractivity contribution in [3.05, 3.63) is 28.5 Å². The molecule has 1 aromatic heterocycles. The lowest BCUT2D eigenvalue weighted by Gasteiger charge is -2.29. The average Bonchev–Trinajstić information content (AvgIpc) is 2.33. The van der Waals surface area contributed by atoms with E-state index in [-0.39, 0.29) is 17.6 Å². The van der Waals surface area contributed by atoms with Crippen LogP contribution < -0.4 is 0 Å². The van der Waals surface area contributed by atoms with Crippen LogP contribution in [0, 0.1) is 5.92 Å². The Bertz CT molecular complexity index is 444. The lowest BCUT2D eigenvalue weighted by atomic mass is 9.98. The number of halogens is 1. The van der Waals surface area contributed by atoms with Gasteiger partial charge in [-0.1, -0.05) is 6.92 Å². The summed E-state index contributed by atoms with van der Waals surface area (Å²) in [7, 11) is 0. The number of aromatic nitrogens is 1. The molecule has 5 heteroatoms. The van der Waals surface area contributed by atoms with Crippen LogP contribution in [-0.2, 0) is 4.79 Å². The van der Waals surface area contributed by atoms with Crippen molar-refractivity contribution >= 4 is 27.6 Å². The minimum atomic E-state index is -0.100. The van der Waals surface area contributed by atoms with Gasteiger partial charge in [0, 0.05) is 36.1 Å². The zero-order chi connectivity index (χ0) is 12.4. The molecule has 0 aromatic carbocycles. The Balaban J connectivity index is 2.10. The summed E-state index contributed by atoms with van der Waals surface area (Å²) in [4.78, 5) is 29.3. The number of pyridine rings is 1. The number of Topliss-reactive ketones (excluding diaryl/α,β-unsaturated/α-hetero) is 1. The van der Waals surface area contributed by atoms with Crippen LogP contribution in [0.4, 0.5) is 0 Å². The highest BCUT2D eigenvalue weighted by molar-refractivity contribution is 9.10. The number of carbonyl (C=O) groups is 2. The minimum Gasteiger partial charge on any atom is -0.336 e. The summed E-state index contributed by atoms with van der Waals surface area (Å²) in [6, 6.07) is 3.48. The van der Waals surface area contributed by atoms with Crippen LogP contribution in [0.5, 0.6) is 0 Å². The van der Waals surface area contributed by atoms with Crippen molar-refractivity contribution in [3.63, 3.8) is 0 Å². The van der Waals surface area contributed by atoms with Crippen molar-refractivity contribution in [1.82, 2.24) is 9.88 Å². The van der Waals surface area contributed by atoms with E-state index in [1.807, 2.05) is 6.92 Å². The fourth-order valence-electron chi connectivity index (χ4n) is 1.86. The van der Waals surface area contributed by atoms with Gasteiger partial charge in [0.05, 0.1) is 0 Å². The Kier molecular flexibility index (Phi) is 3.57. The first kappa shape index (κ1) is 12.2. The normalized spacial score (nSPS) is 20.5. The maximum atomic E-state index is 12.1. The predicted molar refractivity (Wildman–Crippen MR) is 66.6 cm³/mol. The van der Waals surface area contributed by atoms with Crippen molar-refractivity contribution < 1.29 is 9.59 Å². The minimum absolute atomic E-state index is 0.0665. The first-order valence-electron chi connectivity index (χ1n) is 5.51. The summed E-state index contributed by atoms with van der Waals surface area (Å²) in [5, 5.41) is 0. The Morgan fingerprint density at radius 1 is 1.53 bits per heavy atom. The number of hydrogen-bond acceptors (Lipinski definition) is 3. The van der Waals surface area contributed by atoms with Crippen LogP contribution >= 0.6 is 15.9 Å². The van der Waals surface area contributed by atoms with Crippen LogP contribution in [0.3, 0.4) is 0 Å². The second-order valence-electron chi connectivity index (χ2n) is 4.23. The Hall–Kier alpha value is -1.23. The van der Waals surface area contributed by atoms with Crippen LogP contribution in [0.25, 0.3) is 0 Å². The maximum Gasteiger partial charge on any atom is 0.272 e. The SMILES string of the molecule is CC1CN(C(=O)c2ccc(Br)cn2)CCC1=O. The molecule has 0 N–H and O–H groups in total. The molecule has 17 heavy (non-hydrogen) atoms. The van der Waals surface area contributed by atoms with Crippen LogP contribution in [0.1, 0.15) is 23.8 Å². The van der Waals surface area contributed by atoms with Crippen molar-refractivity contribution in [2.24, 2.45) is 5.92 Å². The molecule has 2 heterocycles. The summed E-state index contributed by atoms with van der Waals surface area (Å²) >= 11 is 3.28. The first-order chi connectivity index (χ1) is 8.08. The molecule has 1 aromatic rings. The fraction of sp³-hybridized carbons (Fsp3) is 0.417. The first-order valence-corrected chi connectivity index (χ1v) is 6.31. The van der Waals surface area contributed by atoms with E-state index in [1.165, 1.54) is 0 Å². The van der Waals surface area contributed by atoms with Gasteiger partial charge in [-0.15, -0.1) is 0 Å². The third-order valence-electron chi connectivity index (χ3n) is 2.91. The molecule has 0 saturated carbocycles. The highest BCUT2D eigenvalue weighted by atomic mass is 79.9. The van der Waals surface area contributed by atoms with E-state index in [0.717, 1.165) is 4.47 Å². The van der Waals surface area contributed by atoms with Gasteiger partial charge < -0.3 is 4.90 Å². The van der Waals surface area contributed by atoms with Gasteiger partial charge in [-0.3, -0.25) is 9.59 Å². The van der Waals surface area contributed by atoms with Crippen LogP contribution in [-0.4, -0.2) is 34.7 Å². The number of amides is 1. The van der Waals surface area contributed by atoms with Crippen LogP contribution in [0.15, 0.2) is 22.8 Å². The van der Waals surface area contributed by atoms with E-state index < -0.39 is 0 Å². The number of hydrogen-bond donors (Lipinski definition) is 0. The summed E-state index contributed by atoms with van der Waals surface area (Å²) in [6.45, 7) is 2.85. The molecular weight excluding hydrogens is 284 g/mol. The molecule has 4 nitrogen and oxygen atoms in total. The molecule has 1 fully saturated rings. The molecule has 0 spiro atoms. The van der Waals surface area contributed by atoms with Gasteiger partial charge in [0.15, 0.2) is 0 Å². The maximum absolute atomic E-state index is 12.1. The smallest absolute Gasteiger partial charge is 0.272 e. The lowest BCUT2D eigenvalue weighted by molar-refractivity contribution is -0.124. The standard InChI is InChI=1S/C12H13BrN2O2/c1-8-7-15(5-4-11(8)16)12(17)10-3-2-9(13)6-14-10/h2-3,6,8H,4-5,7H2,1H3. The van der Waals surface area contributed by atoms with E-state index in [0.29, 0.717) is 25.2 Å². The molecule has 0 aliphatic carbocycles. The van der Waals surface area contributed by atoms with E-state index >= 15 is 0 Å². The number of carbonyl (C=O) groups excluding carboxylic acids is 2. The molecule has 1 saturated heterocycles. The number of likely N-dealkylation sites (tertiary alicyclic amines) is 1. The second kappa shape index (κ2) is 4.96. The molecule has 1 amide bonds. The summed E-state index contributed by atoms with van der Waals surface area (Å²) in [6.07, 6.45) is 2.05. The van der Waals surface area contributed by atoms with Gasteiger partial charge >= 0.3 is 0 Å². The molecule has 1 aliphatic heterocycles. The fourth-order valence-corrected chi connectivity index (χ4v) is 2.10. The number of ketones is 1. The lowest BCUT2D eigenvalue weighted by Crippen LogP contribution is -2.43. The summed E-state index contributed by atoms with van der Waals surface area (Å²) < 4.78 is 0.844. The van der Waals surface area contributed by atoms with Crippen molar-refractivity contribution in [1.29, 1.82) is 0 Å². The van der Waals surface area contributed by atoms with Crippen molar-refractivity contribution in [2.75, 3.05) is 13.1 Å². The Morgan fingerprint density at radius 3 is 2.88 bits per heavy atom. The Labute approximate surface area is 108 Å². The number of nitrogens with zero attached hydrogens (tertiary/aromatic N) is 2. The van der Waals surface area contributed by atoms with E-state index in [1.54, 1.807) is 23.2 Å².